The largest absolute Gasteiger partial charge is 0.480 e. The van der Waals surface area contributed by atoms with E-state index in [0.717, 1.165) is 10.9 Å². The van der Waals surface area contributed by atoms with Crippen LogP contribution in [0.5, 0.6) is 0 Å². The number of aliphatic carboxylic acids is 1. The fraction of sp³-hybridized carbons (Fsp3) is 0.333. The molecule has 0 saturated heterocycles. The van der Waals surface area contributed by atoms with Crippen LogP contribution < -0.4 is 5.32 Å². The van der Waals surface area contributed by atoms with E-state index in [1.807, 2.05) is 6.92 Å². The van der Waals surface area contributed by atoms with Gasteiger partial charge in [0.2, 0.25) is 0 Å². The average Bonchev–Trinajstić information content (AvgIpc) is 2.86. The summed E-state index contributed by atoms with van der Waals surface area (Å²) in [5.74, 6) is -1.61. The van der Waals surface area contributed by atoms with Crippen molar-refractivity contribution in [3.63, 3.8) is 0 Å². The summed E-state index contributed by atoms with van der Waals surface area (Å²) < 4.78 is 0. The second-order valence-electron chi connectivity index (χ2n) is 5.09. The number of H-pyrrole nitrogens is 1. The number of rotatable bonds is 5. The minimum Gasteiger partial charge on any atom is -0.480 e. The van der Waals surface area contributed by atoms with Crippen LogP contribution >= 0.6 is 11.6 Å². The number of carboxylic acid groups (broad SMARTS) is 1. The predicted octanol–water partition coefficient (Wildman–Crippen LogP) is 3.05. The molecule has 1 aromatic heterocycles. The Morgan fingerprint density at radius 2 is 2.10 bits per heavy atom. The molecule has 0 aliphatic carbocycles. The molecule has 6 heteroatoms. The molecule has 0 aliphatic heterocycles. The molecule has 2 unspecified atom stereocenters. The van der Waals surface area contributed by atoms with E-state index in [-0.39, 0.29) is 5.92 Å². The fourth-order valence-corrected chi connectivity index (χ4v) is 2.30. The van der Waals surface area contributed by atoms with Gasteiger partial charge in [0.1, 0.15) is 11.7 Å². The molecule has 0 saturated carbocycles. The quantitative estimate of drug-likeness (QED) is 0.794. The van der Waals surface area contributed by atoms with Crippen molar-refractivity contribution in [3.05, 3.63) is 35.0 Å². The number of amides is 1. The lowest BCUT2D eigenvalue weighted by Gasteiger charge is -2.19. The number of carboxylic acids is 1. The van der Waals surface area contributed by atoms with Gasteiger partial charge in [0, 0.05) is 15.9 Å². The van der Waals surface area contributed by atoms with Crippen molar-refractivity contribution in [2.45, 2.75) is 26.3 Å². The second kappa shape index (κ2) is 6.18. The fourth-order valence-electron chi connectivity index (χ4n) is 2.12. The van der Waals surface area contributed by atoms with E-state index in [0.29, 0.717) is 17.1 Å². The van der Waals surface area contributed by atoms with Crippen molar-refractivity contribution in [2.24, 2.45) is 5.92 Å². The summed E-state index contributed by atoms with van der Waals surface area (Å²) in [6.07, 6.45) is 0.666. The number of nitrogens with one attached hydrogen (secondary N) is 2. The third kappa shape index (κ3) is 3.36. The SMILES string of the molecule is CCC(C)C(NC(=O)c1cc2ccc(Cl)cc2[nH]1)C(=O)O. The molecule has 0 radical (unpaired) electrons. The van der Waals surface area contributed by atoms with Gasteiger partial charge in [-0.1, -0.05) is 37.9 Å². The van der Waals surface area contributed by atoms with Gasteiger partial charge in [0.05, 0.1) is 0 Å². The molecule has 21 heavy (non-hydrogen) atoms. The smallest absolute Gasteiger partial charge is 0.326 e. The van der Waals surface area contributed by atoms with Gasteiger partial charge in [-0.25, -0.2) is 4.79 Å². The maximum atomic E-state index is 12.2. The molecule has 0 aliphatic rings. The molecule has 1 aromatic carbocycles. The van der Waals surface area contributed by atoms with Gasteiger partial charge < -0.3 is 15.4 Å². The van der Waals surface area contributed by atoms with E-state index >= 15 is 0 Å². The maximum absolute atomic E-state index is 12.2. The van der Waals surface area contributed by atoms with E-state index in [4.69, 9.17) is 11.6 Å². The van der Waals surface area contributed by atoms with Crippen LogP contribution in [0.2, 0.25) is 5.02 Å². The van der Waals surface area contributed by atoms with Crippen molar-refractivity contribution in [1.29, 1.82) is 0 Å². The van der Waals surface area contributed by atoms with E-state index < -0.39 is 17.9 Å². The molecule has 2 rings (SSSR count). The lowest BCUT2D eigenvalue weighted by molar-refractivity contribution is -0.140. The Labute approximate surface area is 127 Å². The molecule has 5 nitrogen and oxygen atoms in total. The molecular formula is C15H17ClN2O3. The summed E-state index contributed by atoms with van der Waals surface area (Å²) in [6, 6.07) is 6.03. The minimum atomic E-state index is -1.03. The molecule has 2 atom stereocenters. The molecule has 2 aromatic rings. The number of halogens is 1. The molecule has 3 N–H and O–H groups in total. The third-order valence-electron chi connectivity index (χ3n) is 3.59. The van der Waals surface area contributed by atoms with Gasteiger partial charge in [-0.2, -0.15) is 0 Å². The summed E-state index contributed by atoms with van der Waals surface area (Å²) in [7, 11) is 0. The van der Waals surface area contributed by atoms with Gasteiger partial charge in [-0.05, 0) is 24.1 Å². The molecule has 112 valence electrons. The Morgan fingerprint density at radius 3 is 2.71 bits per heavy atom. The highest BCUT2D eigenvalue weighted by molar-refractivity contribution is 6.31. The van der Waals surface area contributed by atoms with Crippen molar-refractivity contribution in [3.8, 4) is 0 Å². The van der Waals surface area contributed by atoms with E-state index in [1.165, 1.54) is 0 Å². The highest BCUT2D eigenvalue weighted by atomic mass is 35.5. The Bertz CT molecular complexity index is 681. The monoisotopic (exact) mass is 308 g/mol. The highest BCUT2D eigenvalue weighted by Crippen LogP contribution is 2.20. The molecule has 0 fully saturated rings. The van der Waals surface area contributed by atoms with Crippen LogP contribution in [0.25, 0.3) is 10.9 Å². The molecule has 0 bridgehead atoms. The first-order chi connectivity index (χ1) is 9.92. The van der Waals surface area contributed by atoms with Crippen LogP contribution in [0.3, 0.4) is 0 Å². The summed E-state index contributed by atoms with van der Waals surface area (Å²) >= 11 is 5.90. The van der Waals surface area contributed by atoms with Crippen LogP contribution in [0.4, 0.5) is 0 Å². The highest BCUT2D eigenvalue weighted by Gasteiger charge is 2.26. The molecular weight excluding hydrogens is 292 g/mol. The number of fused-ring (bicyclic) bond motifs is 1. The van der Waals surface area contributed by atoms with Gasteiger partial charge >= 0.3 is 5.97 Å². The Hall–Kier alpha value is -2.01. The summed E-state index contributed by atoms with van der Waals surface area (Å²) in [4.78, 5) is 26.4. The first-order valence-electron chi connectivity index (χ1n) is 6.74. The number of carbonyl (C=O) groups excluding carboxylic acids is 1. The number of aromatic amines is 1. The number of aromatic nitrogens is 1. The van der Waals surface area contributed by atoms with Gasteiger partial charge in [0.25, 0.3) is 5.91 Å². The van der Waals surface area contributed by atoms with E-state index in [2.05, 4.69) is 10.3 Å². The molecule has 1 heterocycles. The topological polar surface area (TPSA) is 82.2 Å². The zero-order valence-electron chi connectivity index (χ0n) is 11.8. The summed E-state index contributed by atoms with van der Waals surface area (Å²) in [5, 5.41) is 13.2. The van der Waals surface area contributed by atoms with Crippen molar-refractivity contribution in [2.75, 3.05) is 0 Å². The van der Waals surface area contributed by atoms with Gasteiger partial charge in [-0.15, -0.1) is 0 Å². The Balaban J connectivity index is 2.23. The maximum Gasteiger partial charge on any atom is 0.326 e. The predicted molar refractivity (Wildman–Crippen MR) is 81.7 cm³/mol. The number of hydrogen-bond donors (Lipinski definition) is 3. The van der Waals surface area contributed by atoms with Crippen molar-refractivity contribution < 1.29 is 14.7 Å². The van der Waals surface area contributed by atoms with Crippen LogP contribution in [0, 0.1) is 5.92 Å². The summed E-state index contributed by atoms with van der Waals surface area (Å²) in [5.41, 5.74) is 1.06. The van der Waals surface area contributed by atoms with Crippen LogP contribution in [-0.2, 0) is 4.79 Å². The van der Waals surface area contributed by atoms with Crippen LogP contribution in [0.15, 0.2) is 24.3 Å². The Kier molecular flexibility index (Phi) is 4.53. The average molecular weight is 309 g/mol. The summed E-state index contributed by atoms with van der Waals surface area (Å²) in [6.45, 7) is 3.68. The van der Waals surface area contributed by atoms with Crippen LogP contribution in [-0.4, -0.2) is 28.0 Å². The van der Waals surface area contributed by atoms with E-state index in [9.17, 15) is 14.7 Å². The minimum absolute atomic E-state index is 0.148. The third-order valence-corrected chi connectivity index (χ3v) is 3.83. The first-order valence-corrected chi connectivity index (χ1v) is 7.12. The van der Waals surface area contributed by atoms with E-state index in [1.54, 1.807) is 31.2 Å². The lowest BCUT2D eigenvalue weighted by Crippen LogP contribution is -2.45. The zero-order chi connectivity index (χ0) is 15.6. The normalized spacial score (nSPS) is 13.9. The molecule has 0 spiro atoms. The lowest BCUT2D eigenvalue weighted by atomic mass is 9.99. The first kappa shape index (κ1) is 15.4. The van der Waals surface area contributed by atoms with Crippen LogP contribution in [0.1, 0.15) is 30.8 Å². The van der Waals surface area contributed by atoms with Crippen molar-refractivity contribution >= 4 is 34.4 Å². The Morgan fingerprint density at radius 1 is 1.38 bits per heavy atom. The van der Waals surface area contributed by atoms with Gasteiger partial charge in [-0.3, -0.25) is 4.79 Å². The standard InChI is InChI=1S/C15H17ClN2O3/c1-3-8(2)13(15(20)21)18-14(19)12-6-9-4-5-10(16)7-11(9)17-12/h4-8,13,17H,3H2,1-2H3,(H,18,19)(H,20,21). The second-order valence-corrected chi connectivity index (χ2v) is 5.53. The number of benzene rings is 1. The molecule has 1 amide bonds. The number of hydrogen-bond acceptors (Lipinski definition) is 2. The number of carbonyl (C=O) groups is 2. The van der Waals surface area contributed by atoms with Crippen molar-refractivity contribution in [1.82, 2.24) is 10.3 Å². The van der Waals surface area contributed by atoms with Gasteiger partial charge in [0.15, 0.2) is 0 Å². The zero-order valence-corrected chi connectivity index (χ0v) is 12.6.